The van der Waals surface area contributed by atoms with Crippen LogP contribution in [0.1, 0.15) is 36.0 Å². The molecule has 0 bridgehead atoms. The van der Waals surface area contributed by atoms with Crippen molar-refractivity contribution in [3.63, 3.8) is 0 Å². The molecule has 0 saturated carbocycles. The SMILES string of the molecule is O=C(Cc1cccc(F)c1)NCc1ccc(CN2CCCCC2)cc1. The number of rotatable bonds is 6. The predicted octanol–water partition coefficient (Wildman–Crippen LogP) is 3.67. The van der Waals surface area contributed by atoms with E-state index in [4.69, 9.17) is 0 Å². The molecule has 1 heterocycles. The molecule has 0 spiro atoms. The van der Waals surface area contributed by atoms with Gasteiger partial charge in [0.05, 0.1) is 6.42 Å². The number of carbonyl (C=O) groups is 1. The third-order valence-electron chi connectivity index (χ3n) is 4.62. The topological polar surface area (TPSA) is 32.3 Å². The minimum absolute atomic E-state index is 0.0945. The molecule has 2 aromatic rings. The van der Waals surface area contributed by atoms with Gasteiger partial charge in [-0.1, -0.05) is 42.8 Å². The number of likely N-dealkylation sites (tertiary alicyclic amines) is 1. The molecule has 1 aliphatic heterocycles. The van der Waals surface area contributed by atoms with Gasteiger partial charge in [0.25, 0.3) is 0 Å². The van der Waals surface area contributed by atoms with Crippen LogP contribution < -0.4 is 5.32 Å². The second kappa shape index (κ2) is 8.77. The summed E-state index contributed by atoms with van der Waals surface area (Å²) in [7, 11) is 0. The second-order valence-corrected chi connectivity index (χ2v) is 6.74. The first-order valence-electron chi connectivity index (χ1n) is 9.00. The molecule has 1 amide bonds. The smallest absolute Gasteiger partial charge is 0.224 e. The van der Waals surface area contributed by atoms with Crippen LogP contribution in [0.15, 0.2) is 48.5 Å². The Morgan fingerprint density at radius 3 is 2.40 bits per heavy atom. The molecular weight excluding hydrogens is 315 g/mol. The Labute approximate surface area is 148 Å². The first kappa shape index (κ1) is 17.6. The van der Waals surface area contributed by atoms with E-state index >= 15 is 0 Å². The number of piperidine rings is 1. The molecule has 4 heteroatoms. The summed E-state index contributed by atoms with van der Waals surface area (Å²) in [6, 6.07) is 14.6. The maximum Gasteiger partial charge on any atom is 0.224 e. The Bertz CT molecular complexity index is 693. The summed E-state index contributed by atoms with van der Waals surface area (Å²) in [6.07, 6.45) is 4.15. The van der Waals surface area contributed by atoms with E-state index in [0.29, 0.717) is 12.1 Å². The van der Waals surface area contributed by atoms with Gasteiger partial charge in [-0.3, -0.25) is 9.69 Å². The molecule has 3 nitrogen and oxygen atoms in total. The number of nitrogens with one attached hydrogen (secondary N) is 1. The Morgan fingerprint density at radius 2 is 1.68 bits per heavy atom. The van der Waals surface area contributed by atoms with Gasteiger partial charge >= 0.3 is 0 Å². The molecule has 0 aliphatic carbocycles. The largest absolute Gasteiger partial charge is 0.352 e. The minimum atomic E-state index is -0.311. The first-order valence-corrected chi connectivity index (χ1v) is 9.00. The fraction of sp³-hybridized carbons (Fsp3) is 0.381. The standard InChI is InChI=1S/C21H25FN2O/c22-20-6-4-5-19(13-20)14-21(25)23-15-17-7-9-18(10-8-17)16-24-11-2-1-3-12-24/h4-10,13H,1-3,11-12,14-16H2,(H,23,25). The summed E-state index contributed by atoms with van der Waals surface area (Å²) in [4.78, 5) is 14.5. The molecule has 1 fully saturated rings. The lowest BCUT2D eigenvalue weighted by Gasteiger charge is -2.26. The minimum Gasteiger partial charge on any atom is -0.352 e. The predicted molar refractivity (Wildman–Crippen MR) is 97.5 cm³/mol. The van der Waals surface area contributed by atoms with Crippen molar-refractivity contribution in [2.75, 3.05) is 13.1 Å². The number of benzene rings is 2. The zero-order chi connectivity index (χ0) is 17.5. The molecule has 0 atom stereocenters. The number of halogens is 1. The lowest BCUT2D eigenvalue weighted by molar-refractivity contribution is -0.120. The van der Waals surface area contributed by atoms with Gasteiger partial charge in [0, 0.05) is 13.1 Å². The van der Waals surface area contributed by atoms with Crippen LogP contribution >= 0.6 is 0 Å². The molecule has 1 saturated heterocycles. The van der Waals surface area contributed by atoms with Gasteiger partial charge in [0.1, 0.15) is 5.82 Å². The highest BCUT2D eigenvalue weighted by Gasteiger charge is 2.10. The molecular formula is C21H25FN2O. The Morgan fingerprint density at radius 1 is 0.960 bits per heavy atom. The van der Waals surface area contributed by atoms with Crippen molar-refractivity contribution in [3.05, 3.63) is 71.0 Å². The van der Waals surface area contributed by atoms with Crippen LogP contribution in [-0.2, 0) is 24.3 Å². The summed E-state index contributed by atoms with van der Waals surface area (Å²) < 4.78 is 13.1. The molecule has 1 aliphatic rings. The average Bonchev–Trinajstić information content (AvgIpc) is 2.62. The van der Waals surface area contributed by atoms with Crippen molar-refractivity contribution in [1.82, 2.24) is 10.2 Å². The molecule has 25 heavy (non-hydrogen) atoms. The van der Waals surface area contributed by atoms with Crippen LogP contribution in [-0.4, -0.2) is 23.9 Å². The average molecular weight is 340 g/mol. The summed E-state index contributed by atoms with van der Waals surface area (Å²) in [6.45, 7) is 3.89. The zero-order valence-corrected chi connectivity index (χ0v) is 14.5. The van der Waals surface area contributed by atoms with Gasteiger partial charge in [0.15, 0.2) is 0 Å². The van der Waals surface area contributed by atoms with Crippen LogP contribution in [0, 0.1) is 5.82 Å². The molecule has 0 aromatic heterocycles. The van der Waals surface area contributed by atoms with E-state index in [1.807, 2.05) is 0 Å². The van der Waals surface area contributed by atoms with Crippen LogP contribution in [0.4, 0.5) is 4.39 Å². The monoisotopic (exact) mass is 340 g/mol. The summed E-state index contributed by atoms with van der Waals surface area (Å²) in [5.41, 5.74) is 3.08. The first-order chi connectivity index (χ1) is 12.2. The van der Waals surface area contributed by atoms with Gasteiger partial charge in [0.2, 0.25) is 5.91 Å². The van der Waals surface area contributed by atoms with E-state index in [0.717, 1.165) is 12.1 Å². The van der Waals surface area contributed by atoms with E-state index < -0.39 is 0 Å². The van der Waals surface area contributed by atoms with E-state index in [1.54, 1.807) is 12.1 Å². The lowest BCUT2D eigenvalue weighted by Crippen LogP contribution is -2.29. The maximum atomic E-state index is 13.1. The Kier molecular flexibility index (Phi) is 6.18. The Hall–Kier alpha value is -2.20. The van der Waals surface area contributed by atoms with Crippen molar-refractivity contribution in [2.24, 2.45) is 0 Å². The van der Waals surface area contributed by atoms with E-state index in [2.05, 4.69) is 34.5 Å². The maximum absolute atomic E-state index is 13.1. The van der Waals surface area contributed by atoms with Gasteiger partial charge in [-0.15, -0.1) is 0 Å². The number of carbonyl (C=O) groups excluding carboxylic acids is 1. The van der Waals surface area contributed by atoms with Crippen molar-refractivity contribution < 1.29 is 9.18 Å². The van der Waals surface area contributed by atoms with E-state index in [-0.39, 0.29) is 18.1 Å². The van der Waals surface area contributed by atoms with E-state index in [9.17, 15) is 9.18 Å². The van der Waals surface area contributed by atoms with Crippen LogP contribution in [0.3, 0.4) is 0 Å². The number of amides is 1. The number of nitrogens with zero attached hydrogens (tertiary/aromatic N) is 1. The molecule has 1 N–H and O–H groups in total. The lowest BCUT2D eigenvalue weighted by atomic mass is 10.1. The van der Waals surface area contributed by atoms with Crippen molar-refractivity contribution in [1.29, 1.82) is 0 Å². The van der Waals surface area contributed by atoms with Gasteiger partial charge in [-0.25, -0.2) is 4.39 Å². The summed E-state index contributed by atoms with van der Waals surface area (Å²) in [5, 5.41) is 2.90. The second-order valence-electron chi connectivity index (χ2n) is 6.74. The normalized spacial score (nSPS) is 15.1. The molecule has 0 radical (unpaired) electrons. The third kappa shape index (κ3) is 5.68. The number of hydrogen-bond donors (Lipinski definition) is 1. The summed E-state index contributed by atoms with van der Waals surface area (Å²) >= 11 is 0. The Balaban J connectivity index is 1.45. The highest BCUT2D eigenvalue weighted by molar-refractivity contribution is 5.78. The molecule has 0 unspecified atom stereocenters. The van der Waals surface area contributed by atoms with Gasteiger partial charge < -0.3 is 5.32 Å². The van der Waals surface area contributed by atoms with E-state index in [1.165, 1.54) is 50.0 Å². The van der Waals surface area contributed by atoms with Crippen molar-refractivity contribution in [2.45, 2.75) is 38.8 Å². The highest BCUT2D eigenvalue weighted by atomic mass is 19.1. The van der Waals surface area contributed by atoms with Crippen LogP contribution in [0.25, 0.3) is 0 Å². The van der Waals surface area contributed by atoms with Crippen LogP contribution in [0.5, 0.6) is 0 Å². The van der Waals surface area contributed by atoms with Gasteiger partial charge in [-0.05, 0) is 54.8 Å². The fourth-order valence-electron chi connectivity index (χ4n) is 3.23. The van der Waals surface area contributed by atoms with Gasteiger partial charge in [-0.2, -0.15) is 0 Å². The zero-order valence-electron chi connectivity index (χ0n) is 14.5. The number of hydrogen-bond acceptors (Lipinski definition) is 2. The molecule has 2 aromatic carbocycles. The molecule has 3 rings (SSSR count). The van der Waals surface area contributed by atoms with Crippen molar-refractivity contribution in [3.8, 4) is 0 Å². The third-order valence-corrected chi connectivity index (χ3v) is 4.62. The van der Waals surface area contributed by atoms with Crippen LogP contribution in [0.2, 0.25) is 0 Å². The highest BCUT2D eigenvalue weighted by Crippen LogP contribution is 2.13. The van der Waals surface area contributed by atoms with Crippen molar-refractivity contribution >= 4 is 5.91 Å². The summed E-state index contributed by atoms with van der Waals surface area (Å²) in [5.74, 6) is -0.405. The quantitative estimate of drug-likeness (QED) is 0.870. The fourth-order valence-corrected chi connectivity index (χ4v) is 3.23. The molecule has 132 valence electrons.